The van der Waals surface area contributed by atoms with Gasteiger partial charge >= 0.3 is 5.97 Å². The Labute approximate surface area is 95.4 Å². The Balaban J connectivity index is -0.000000147. The fraction of sp³-hybridized carbons (Fsp3) is 0.769. The van der Waals surface area contributed by atoms with Crippen LogP contribution in [0.4, 0.5) is 0 Å². The fourth-order valence-corrected chi connectivity index (χ4v) is 0. The van der Waals surface area contributed by atoms with Crippen molar-refractivity contribution in [2.24, 2.45) is 11.3 Å². The van der Waals surface area contributed by atoms with Crippen molar-refractivity contribution in [3.8, 4) is 0 Å². The van der Waals surface area contributed by atoms with Crippen molar-refractivity contribution in [2.45, 2.75) is 54.9 Å². The summed E-state index contributed by atoms with van der Waals surface area (Å²) in [5.41, 5.74) is 0.542. The lowest BCUT2D eigenvalue weighted by atomic mass is 9.94. The Morgan fingerprint density at radius 3 is 1.47 bits per heavy atom. The molecule has 1 N–H and O–H groups in total. The van der Waals surface area contributed by atoms with Gasteiger partial charge in [0.05, 0.1) is 0 Å². The third-order valence-corrected chi connectivity index (χ3v) is 1.24. The topological polar surface area (TPSA) is 37.3 Å². The molecular formula is C13H28O2. The zero-order valence-electron chi connectivity index (χ0n) is 11.4. The Bertz CT molecular complexity index is 150. The summed E-state index contributed by atoms with van der Waals surface area (Å²) in [7, 11) is 0. The highest BCUT2D eigenvalue weighted by Crippen LogP contribution is 2.16. The van der Waals surface area contributed by atoms with Gasteiger partial charge in [-0.2, -0.15) is 0 Å². The molecule has 0 aliphatic rings. The van der Waals surface area contributed by atoms with Crippen LogP contribution in [0.3, 0.4) is 0 Å². The van der Waals surface area contributed by atoms with Gasteiger partial charge in [-0.3, -0.25) is 0 Å². The van der Waals surface area contributed by atoms with Crippen molar-refractivity contribution < 1.29 is 9.90 Å². The number of hydrogen-bond acceptors (Lipinski definition) is 1. The van der Waals surface area contributed by atoms with E-state index >= 15 is 0 Å². The van der Waals surface area contributed by atoms with Gasteiger partial charge in [0.1, 0.15) is 0 Å². The molecule has 0 fully saturated rings. The Hall–Kier alpha value is -0.790. The lowest BCUT2D eigenvalue weighted by Gasteiger charge is -2.12. The highest BCUT2D eigenvalue weighted by molar-refractivity contribution is 5.78. The first-order chi connectivity index (χ1) is 6.56. The predicted molar refractivity (Wildman–Crippen MR) is 68.1 cm³/mol. The van der Waals surface area contributed by atoms with E-state index in [4.69, 9.17) is 5.11 Å². The van der Waals surface area contributed by atoms with E-state index in [2.05, 4.69) is 55.0 Å². The maximum Gasteiger partial charge on any atom is 0.327 e. The van der Waals surface area contributed by atoms with Crippen LogP contribution >= 0.6 is 0 Å². The number of carboxylic acid groups (broad SMARTS) is 1. The first kappa shape index (κ1) is 19.7. The van der Waals surface area contributed by atoms with Crippen LogP contribution in [0.25, 0.3) is 0 Å². The van der Waals surface area contributed by atoms with Crippen molar-refractivity contribution in [1.29, 1.82) is 0 Å². The lowest BCUT2D eigenvalue weighted by molar-refractivity contribution is -0.131. The van der Waals surface area contributed by atoms with Gasteiger partial charge in [-0.1, -0.05) is 61.5 Å². The van der Waals surface area contributed by atoms with Crippen LogP contribution in [-0.4, -0.2) is 11.1 Å². The third kappa shape index (κ3) is 93.7. The molecule has 0 radical (unpaired) electrons. The molecule has 0 bridgehead atoms. The first-order valence-electron chi connectivity index (χ1n) is 5.42. The van der Waals surface area contributed by atoms with E-state index in [-0.39, 0.29) is 0 Å². The molecule has 15 heavy (non-hydrogen) atoms. The smallest absolute Gasteiger partial charge is 0.327 e. The van der Waals surface area contributed by atoms with Crippen LogP contribution in [-0.2, 0) is 4.79 Å². The minimum atomic E-state index is -0.981. The molecule has 0 aromatic heterocycles. The van der Waals surface area contributed by atoms with Crippen molar-refractivity contribution in [1.82, 2.24) is 0 Å². The second kappa shape index (κ2) is 11.3. The molecule has 2 nitrogen and oxygen atoms in total. The van der Waals surface area contributed by atoms with Crippen LogP contribution in [0.2, 0.25) is 0 Å². The molecule has 0 unspecified atom stereocenters. The van der Waals surface area contributed by atoms with Crippen LogP contribution in [0.5, 0.6) is 0 Å². The molecule has 0 spiro atoms. The first-order valence-corrected chi connectivity index (χ1v) is 5.42. The minimum Gasteiger partial charge on any atom is -0.478 e. The molecular weight excluding hydrogens is 188 g/mol. The maximum atomic E-state index is 9.25. The molecule has 0 aliphatic carbocycles. The standard InChI is InChI=1S/C6H14.C4H10.C3H4O2/c1-5-6(2,3)4;1-4(2)3;1-2-3(4)5/h5H2,1-4H3;4H,1-3H3;2H,1H2,(H,4,5). The average molecular weight is 216 g/mol. The molecule has 0 amide bonds. The van der Waals surface area contributed by atoms with Crippen LogP contribution in [0, 0.1) is 11.3 Å². The van der Waals surface area contributed by atoms with Crippen molar-refractivity contribution in [2.75, 3.05) is 0 Å². The highest BCUT2D eigenvalue weighted by Gasteiger charge is 2.03. The second-order valence-electron chi connectivity index (χ2n) is 5.19. The van der Waals surface area contributed by atoms with Crippen LogP contribution in [0.15, 0.2) is 12.7 Å². The molecule has 0 aromatic rings. The van der Waals surface area contributed by atoms with Gasteiger partial charge in [0.15, 0.2) is 0 Å². The van der Waals surface area contributed by atoms with E-state index in [0.717, 1.165) is 12.0 Å². The van der Waals surface area contributed by atoms with Gasteiger partial charge in [0, 0.05) is 6.08 Å². The van der Waals surface area contributed by atoms with Gasteiger partial charge in [-0.25, -0.2) is 4.79 Å². The summed E-state index contributed by atoms with van der Waals surface area (Å²) in [6.45, 7) is 18.4. The molecule has 0 atom stereocenters. The van der Waals surface area contributed by atoms with E-state index < -0.39 is 5.97 Å². The summed E-state index contributed by atoms with van der Waals surface area (Å²) in [5, 5.41) is 7.60. The average Bonchev–Trinajstić information content (AvgIpc) is 2.03. The minimum absolute atomic E-state index is 0.542. The summed E-state index contributed by atoms with van der Waals surface area (Å²) < 4.78 is 0. The van der Waals surface area contributed by atoms with Gasteiger partial charge in [-0.05, 0) is 11.3 Å². The Morgan fingerprint density at radius 2 is 1.47 bits per heavy atom. The normalized spacial score (nSPS) is 9.33. The molecule has 0 aliphatic heterocycles. The number of hydrogen-bond donors (Lipinski definition) is 1. The largest absolute Gasteiger partial charge is 0.478 e. The molecule has 0 saturated carbocycles. The Morgan fingerprint density at radius 1 is 1.33 bits per heavy atom. The van der Waals surface area contributed by atoms with E-state index in [0.29, 0.717) is 5.41 Å². The van der Waals surface area contributed by atoms with Gasteiger partial charge < -0.3 is 5.11 Å². The zero-order chi connectivity index (χ0) is 13.1. The van der Waals surface area contributed by atoms with E-state index in [1.54, 1.807) is 0 Å². The number of carbonyl (C=O) groups is 1. The zero-order valence-corrected chi connectivity index (χ0v) is 11.4. The summed E-state index contributed by atoms with van der Waals surface area (Å²) in [4.78, 5) is 9.25. The SMILES string of the molecule is C=CC(=O)O.CC(C)C.CCC(C)(C)C. The lowest BCUT2D eigenvalue weighted by Crippen LogP contribution is -2.00. The van der Waals surface area contributed by atoms with Gasteiger partial charge in [0.25, 0.3) is 0 Å². The number of rotatable bonds is 1. The number of carboxylic acids is 1. The third-order valence-electron chi connectivity index (χ3n) is 1.24. The van der Waals surface area contributed by atoms with E-state index in [1.165, 1.54) is 6.42 Å². The maximum absolute atomic E-state index is 9.25. The van der Waals surface area contributed by atoms with Crippen molar-refractivity contribution in [3.05, 3.63) is 12.7 Å². The molecule has 0 saturated heterocycles. The Kier molecular flexibility index (Phi) is 14.8. The monoisotopic (exact) mass is 216 g/mol. The number of aliphatic carboxylic acids is 1. The van der Waals surface area contributed by atoms with Gasteiger partial charge in [-0.15, -0.1) is 0 Å². The molecule has 92 valence electrons. The highest BCUT2D eigenvalue weighted by atomic mass is 16.4. The van der Waals surface area contributed by atoms with Gasteiger partial charge in [0.2, 0.25) is 0 Å². The summed E-state index contributed by atoms with van der Waals surface area (Å²) in [6, 6.07) is 0. The van der Waals surface area contributed by atoms with Crippen molar-refractivity contribution in [3.63, 3.8) is 0 Å². The summed E-state index contributed by atoms with van der Waals surface area (Å²) in [6.07, 6.45) is 2.10. The second-order valence-corrected chi connectivity index (χ2v) is 5.19. The van der Waals surface area contributed by atoms with Crippen molar-refractivity contribution >= 4 is 5.97 Å². The molecule has 0 heterocycles. The fourth-order valence-electron chi connectivity index (χ4n) is 0. The van der Waals surface area contributed by atoms with Crippen LogP contribution < -0.4 is 0 Å². The van der Waals surface area contributed by atoms with E-state index in [9.17, 15) is 4.79 Å². The van der Waals surface area contributed by atoms with Crippen LogP contribution in [0.1, 0.15) is 54.9 Å². The molecule has 2 heteroatoms. The predicted octanol–water partition coefficient (Wildman–Crippen LogP) is 4.36. The molecule has 0 rings (SSSR count). The quantitative estimate of drug-likeness (QED) is 0.661. The summed E-state index contributed by atoms with van der Waals surface area (Å²) >= 11 is 0. The summed E-state index contributed by atoms with van der Waals surface area (Å²) in [5.74, 6) is -0.148. The molecule has 0 aromatic carbocycles. The van der Waals surface area contributed by atoms with E-state index in [1.807, 2.05) is 0 Å².